The van der Waals surface area contributed by atoms with Crippen LogP contribution in [0.4, 0.5) is 13.2 Å². The minimum atomic E-state index is -4.54. The summed E-state index contributed by atoms with van der Waals surface area (Å²) in [6, 6.07) is 16.7. The van der Waals surface area contributed by atoms with E-state index in [1.54, 1.807) is 30.3 Å². The molecule has 0 aromatic heterocycles. The van der Waals surface area contributed by atoms with E-state index in [1.165, 1.54) is 36.4 Å². The van der Waals surface area contributed by atoms with E-state index in [-0.39, 0.29) is 23.4 Å². The largest absolute Gasteiger partial charge is 0.416 e. The number of nitrogens with zero attached hydrogens (tertiary/aromatic N) is 1. The number of sulfonamides is 1. The number of primary amides is 1. The lowest BCUT2D eigenvalue weighted by Gasteiger charge is -2.29. The van der Waals surface area contributed by atoms with E-state index in [1.807, 2.05) is 0 Å². The molecule has 1 amide bonds. The Hall–Kier alpha value is -2.88. The van der Waals surface area contributed by atoms with E-state index in [2.05, 4.69) is 0 Å². The average molecular weight is 497 g/mol. The van der Waals surface area contributed by atoms with Gasteiger partial charge < -0.3 is 5.73 Å². The molecule has 0 heterocycles. The topological polar surface area (TPSA) is 80.5 Å². The predicted octanol–water partition coefficient (Wildman–Crippen LogP) is 4.82. The van der Waals surface area contributed by atoms with Crippen molar-refractivity contribution in [2.45, 2.75) is 23.5 Å². The van der Waals surface area contributed by atoms with Crippen LogP contribution in [-0.4, -0.2) is 25.2 Å². The van der Waals surface area contributed by atoms with Gasteiger partial charge in [0.15, 0.2) is 0 Å². The highest BCUT2D eigenvalue weighted by molar-refractivity contribution is 7.89. The van der Waals surface area contributed by atoms with Gasteiger partial charge in [0.1, 0.15) is 6.04 Å². The SMILES string of the molecule is NC(=O)C(c1ccccc1)N(CCc1cccc(C(F)(F)F)c1)S(=O)(=O)c1ccc(Cl)cc1. The van der Waals surface area contributed by atoms with E-state index in [9.17, 15) is 26.4 Å². The van der Waals surface area contributed by atoms with Gasteiger partial charge in [0, 0.05) is 11.6 Å². The fourth-order valence-electron chi connectivity index (χ4n) is 3.38. The molecule has 0 aliphatic rings. The fraction of sp³-hybridized carbons (Fsp3) is 0.174. The molecule has 3 aromatic carbocycles. The Labute approximate surface area is 194 Å². The molecule has 33 heavy (non-hydrogen) atoms. The van der Waals surface area contributed by atoms with Crippen LogP contribution in [-0.2, 0) is 27.4 Å². The zero-order valence-corrected chi connectivity index (χ0v) is 18.7. The van der Waals surface area contributed by atoms with E-state index in [0.29, 0.717) is 10.6 Å². The minimum Gasteiger partial charge on any atom is -0.368 e. The maximum Gasteiger partial charge on any atom is 0.416 e. The molecule has 3 rings (SSSR count). The Bertz CT molecular complexity index is 1220. The molecule has 1 atom stereocenters. The zero-order valence-electron chi connectivity index (χ0n) is 17.2. The Balaban J connectivity index is 2.03. The van der Waals surface area contributed by atoms with Gasteiger partial charge >= 0.3 is 6.18 Å². The second-order valence-electron chi connectivity index (χ2n) is 7.23. The average Bonchev–Trinajstić information content (AvgIpc) is 2.76. The molecular weight excluding hydrogens is 477 g/mol. The molecule has 2 N–H and O–H groups in total. The van der Waals surface area contributed by atoms with Gasteiger partial charge in [-0.15, -0.1) is 0 Å². The molecular formula is C23H20ClF3N2O3S. The smallest absolute Gasteiger partial charge is 0.368 e. The predicted molar refractivity (Wildman–Crippen MR) is 119 cm³/mol. The molecule has 5 nitrogen and oxygen atoms in total. The van der Waals surface area contributed by atoms with Gasteiger partial charge in [-0.05, 0) is 47.9 Å². The second kappa shape index (κ2) is 9.94. The summed E-state index contributed by atoms with van der Waals surface area (Å²) in [5.41, 5.74) is 5.36. The van der Waals surface area contributed by atoms with Crippen molar-refractivity contribution in [2.24, 2.45) is 5.73 Å². The molecule has 3 aromatic rings. The molecule has 0 bridgehead atoms. The molecule has 174 valence electrons. The normalized spacial score (nSPS) is 13.1. The quantitative estimate of drug-likeness (QED) is 0.485. The first-order valence-corrected chi connectivity index (χ1v) is 11.6. The zero-order chi connectivity index (χ0) is 24.2. The van der Waals surface area contributed by atoms with E-state index in [4.69, 9.17) is 17.3 Å². The van der Waals surface area contributed by atoms with Crippen LogP contribution in [0.2, 0.25) is 5.02 Å². The van der Waals surface area contributed by atoms with Crippen LogP contribution in [0.25, 0.3) is 0 Å². The summed E-state index contributed by atoms with van der Waals surface area (Å²) in [5.74, 6) is -0.914. The number of amides is 1. The number of alkyl halides is 3. The number of hydrogen-bond donors (Lipinski definition) is 1. The number of carbonyl (C=O) groups excluding carboxylic acids is 1. The van der Waals surface area contributed by atoms with Gasteiger partial charge in [-0.3, -0.25) is 4.79 Å². The van der Waals surface area contributed by atoms with E-state index < -0.39 is 33.7 Å². The van der Waals surface area contributed by atoms with Crippen LogP contribution in [0.15, 0.2) is 83.8 Å². The van der Waals surface area contributed by atoms with Gasteiger partial charge in [-0.1, -0.05) is 60.1 Å². The number of rotatable bonds is 8. The molecule has 0 radical (unpaired) electrons. The number of halogens is 4. The van der Waals surface area contributed by atoms with Crippen molar-refractivity contribution in [3.05, 3.63) is 101 Å². The third-order valence-corrected chi connectivity index (χ3v) is 7.10. The molecule has 0 saturated carbocycles. The van der Waals surface area contributed by atoms with Gasteiger partial charge in [-0.25, -0.2) is 8.42 Å². The summed E-state index contributed by atoms with van der Waals surface area (Å²) >= 11 is 5.87. The first kappa shape index (κ1) is 24.8. The summed E-state index contributed by atoms with van der Waals surface area (Å²) in [6.07, 6.45) is -4.61. The summed E-state index contributed by atoms with van der Waals surface area (Å²) in [4.78, 5) is 12.3. The minimum absolute atomic E-state index is 0.0760. The maximum atomic E-state index is 13.5. The van der Waals surface area contributed by atoms with Crippen LogP contribution >= 0.6 is 11.6 Å². The summed E-state index contributed by atoms with van der Waals surface area (Å²) < 4.78 is 67.2. The number of nitrogens with two attached hydrogens (primary N) is 1. The van der Waals surface area contributed by atoms with Crippen LogP contribution in [0.1, 0.15) is 22.7 Å². The number of hydrogen-bond acceptors (Lipinski definition) is 3. The third-order valence-electron chi connectivity index (χ3n) is 4.97. The van der Waals surface area contributed by atoms with Crippen LogP contribution in [0.3, 0.4) is 0 Å². The Morgan fingerprint density at radius 3 is 2.18 bits per heavy atom. The van der Waals surface area contributed by atoms with Crippen molar-refractivity contribution in [3.8, 4) is 0 Å². The Kier molecular flexibility index (Phi) is 7.46. The Morgan fingerprint density at radius 2 is 1.61 bits per heavy atom. The summed E-state index contributed by atoms with van der Waals surface area (Å²) in [6.45, 7) is -0.283. The maximum absolute atomic E-state index is 13.5. The molecule has 0 spiro atoms. The molecule has 0 saturated heterocycles. The first-order chi connectivity index (χ1) is 15.5. The monoisotopic (exact) mass is 496 g/mol. The van der Waals surface area contributed by atoms with E-state index >= 15 is 0 Å². The molecule has 0 aliphatic carbocycles. The first-order valence-electron chi connectivity index (χ1n) is 9.78. The number of carbonyl (C=O) groups is 1. The van der Waals surface area contributed by atoms with Crippen molar-refractivity contribution < 1.29 is 26.4 Å². The molecule has 10 heteroatoms. The van der Waals surface area contributed by atoms with Gasteiger partial charge in [0.2, 0.25) is 15.9 Å². The molecule has 1 unspecified atom stereocenters. The standard InChI is InChI=1S/C23H20ClF3N2O3S/c24-19-9-11-20(12-10-19)33(31,32)29(21(22(28)30)17-6-2-1-3-7-17)14-13-16-5-4-8-18(15-16)23(25,26)27/h1-12,15,21H,13-14H2,(H2,28,30). The van der Waals surface area contributed by atoms with Gasteiger partial charge in [0.05, 0.1) is 10.5 Å². The highest BCUT2D eigenvalue weighted by atomic mass is 35.5. The van der Waals surface area contributed by atoms with Crippen molar-refractivity contribution >= 4 is 27.5 Å². The summed E-state index contributed by atoms with van der Waals surface area (Å²) in [7, 11) is -4.27. The van der Waals surface area contributed by atoms with Crippen molar-refractivity contribution in [1.82, 2.24) is 4.31 Å². The second-order valence-corrected chi connectivity index (χ2v) is 9.56. The van der Waals surface area contributed by atoms with Crippen LogP contribution in [0, 0.1) is 0 Å². The van der Waals surface area contributed by atoms with Crippen molar-refractivity contribution in [2.75, 3.05) is 6.54 Å². The van der Waals surface area contributed by atoms with Gasteiger partial charge in [0.25, 0.3) is 0 Å². The molecule has 0 aliphatic heterocycles. The number of benzene rings is 3. The summed E-state index contributed by atoms with van der Waals surface area (Å²) in [5, 5.41) is 0.318. The highest BCUT2D eigenvalue weighted by Gasteiger charge is 2.36. The lowest BCUT2D eigenvalue weighted by molar-refractivity contribution is -0.137. The highest BCUT2D eigenvalue weighted by Crippen LogP contribution is 2.31. The third kappa shape index (κ3) is 5.93. The lowest BCUT2D eigenvalue weighted by Crippen LogP contribution is -2.42. The molecule has 0 fully saturated rings. The lowest BCUT2D eigenvalue weighted by atomic mass is 10.0. The van der Waals surface area contributed by atoms with Gasteiger partial charge in [-0.2, -0.15) is 17.5 Å². The van der Waals surface area contributed by atoms with Crippen molar-refractivity contribution in [1.29, 1.82) is 0 Å². The van der Waals surface area contributed by atoms with Crippen LogP contribution in [0.5, 0.6) is 0 Å². The van der Waals surface area contributed by atoms with Crippen LogP contribution < -0.4 is 5.73 Å². The van der Waals surface area contributed by atoms with E-state index in [0.717, 1.165) is 16.4 Å². The van der Waals surface area contributed by atoms with Crippen molar-refractivity contribution in [3.63, 3.8) is 0 Å². The fourth-order valence-corrected chi connectivity index (χ4v) is 5.09. The Morgan fingerprint density at radius 1 is 0.970 bits per heavy atom.